The highest BCUT2D eigenvalue weighted by molar-refractivity contribution is 6.12. The first kappa shape index (κ1) is 18.5. The van der Waals surface area contributed by atoms with E-state index < -0.39 is 12.0 Å². The highest BCUT2D eigenvalue weighted by Crippen LogP contribution is 2.08. The third kappa shape index (κ3) is 6.86. The van der Waals surface area contributed by atoms with Crippen LogP contribution in [0.25, 0.3) is 0 Å². The molecule has 1 rings (SSSR count). The molecule has 23 heavy (non-hydrogen) atoms. The zero-order chi connectivity index (χ0) is 17.2. The van der Waals surface area contributed by atoms with Gasteiger partial charge >= 0.3 is 5.97 Å². The molecule has 0 bridgehead atoms. The molecule has 0 saturated heterocycles. The maximum Gasteiger partial charge on any atom is 0.303 e. The van der Waals surface area contributed by atoms with Gasteiger partial charge < -0.3 is 15.2 Å². The van der Waals surface area contributed by atoms with E-state index in [9.17, 15) is 24.0 Å². The number of carbonyl (C=O) groups excluding carboxylic acids is 4. The monoisotopic (exact) mass is 324 g/mol. The van der Waals surface area contributed by atoms with Crippen LogP contribution < -0.4 is 5.32 Å². The van der Waals surface area contributed by atoms with E-state index >= 15 is 0 Å². The molecule has 1 heterocycles. The second kappa shape index (κ2) is 9.50. The van der Waals surface area contributed by atoms with Crippen molar-refractivity contribution in [3.05, 3.63) is 12.2 Å². The lowest BCUT2D eigenvalue weighted by atomic mass is 10.1. The second-order valence-electron chi connectivity index (χ2n) is 5.21. The van der Waals surface area contributed by atoms with Crippen molar-refractivity contribution in [1.82, 2.24) is 10.2 Å². The molecule has 1 unspecified atom stereocenters. The average Bonchev–Trinajstić information content (AvgIpc) is 2.82. The summed E-state index contributed by atoms with van der Waals surface area (Å²) >= 11 is 0. The fourth-order valence-corrected chi connectivity index (χ4v) is 2.12. The zero-order valence-corrected chi connectivity index (χ0v) is 12.7. The molecule has 3 amide bonds. The van der Waals surface area contributed by atoms with Crippen LogP contribution >= 0.6 is 0 Å². The molecule has 0 saturated carbocycles. The van der Waals surface area contributed by atoms with Gasteiger partial charge in [-0.15, -0.1) is 0 Å². The van der Waals surface area contributed by atoms with Gasteiger partial charge in [-0.1, -0.05) is 6.42 Å². The van der Waals surface area contributed by atoms with Crippen LogP contribution in [0.3, 0.4) is 0 Å². The molecule has 1 aliphatic rings. The largest absolute Gasteiger partial charge is 0.481 e. The zero-order valence-electron chi connectivity index (χ0n) is 12.7. The van der Waals surface area contributed by atoms with E-state index in [4.69, 9.17) is 5.11 Å². The van der Waals surface area contributed by atoms with Gasteiger partial charge in [0, 0.05) is 31.5 Å². The van der Waals surface area contributed by atoms with Crippen LogP contribution in [-0.2, 0) is 24.0 Å². The number of unbranched alkanes of at least 4 members (excludes halogenated alkanes) is 2. The minimum Gasteiger partial charge on any atom is -0.481 e. The third-order valence-corrected chi connectivity index (χ3v) is 3.37. The maximum absolute atomic E-state index is 11.6. The van der Waals surface area contributed by atoms with Crippen LogP contribution in [0.15, 0.2) is 12.2 Å². The normalized spacial score (nSPS) is 14.9. The minimum absolute atomic E-state index is 0.0662. The summed E-state index contributed by atoms with van der Waals surface area (Å²) in [5.41, 5.74) is 0. The standard InChI is InChI=1S/C15H20N2O6/c18-10-11(5-8-15(22)23)16-12(19)4-2-1-3-9-17-13(20)6-7-14(17)21/h6-7,10-11H,1-5,8-9H2,(H,16,19)(H,22,23). The smallest absolute Gasteiger partial charge is 0.303 e. The summed E-state index contributed by atoms with van der Waals surface area (Å²) in [5.74, 6) is -1.98. The van der Waals surface area contributed by atoms with Crippen LogP contribution in [0, 0.1) is 0 Å². The van der Waals surface area contributed by atoms with Crippen molar-refractivity contribution in [2.75, 3.05) is 6.54 Å². The van der Waals surface area contributed by atoms with Crippen LogP contribution in [0.5, 0.6) is 0 Å². The number of amides is 3. The van der Waals surface area contributed by atoms with Gasteiger partial charge in [-0.25, -0.2) is 0 Å². The number of rotatable bonds is 11. The van der Waals surface area contributed by atoms with E-state index in [1.54, 1.807) is 0 Å². The molecule has 8 nitrogen and oxygen atoms in total. The molecule has 2 N–H and O–H groups in total. The number of carbonyl (C=O) groups is 5. The molecule has 1 atom stereocenters. The Morgan fingerprint density at radius 2 is 1.78 bits per heavy atom. The molecule has 0 aromatic heterocycles. The molecular weight excluding hydrogens is 304 g/mol. The Kier molecular flexibility index (Phi) is 7.65. The van der Waals surface area contributed by atoms with Crippen molar-refractivity contribution in [1.29, 1.82) is 0 Å². The Morgan fingerprint density at radius 1 is 1.13 bits per heavy atom. The number of carboxylic acid groups (broad SMARTS) is 1. The minimum atomic E-state index is -1.02. The van der Waals surface area contributed by atoms with E-state index in [1.807, 2.05) is 0 Å². The lowest BCUT2D eigenvalue weighted by Gasteiger charge is -2.13. The van der Waals surface area contributed by atoms with Gasteiger partial charge in [0.2, 0.25) is 5.91 Å². The van der Waals surface area contributed by atoms with Crippen LogP contribution in [-0.4, -0.2) is 52.6 Å². The number of imide groups is 1. The van der Waals surface area contributed by atoms with Gasteiger partial charge in [0.15, 0.2) is 0 Å². The van der Waals surface area contributed by atoms with Gasteiger partial charge in [0.1, 0.15) is 6.29 Å². The Bertz CT molecular complexity index is 496. The number of nitrogens with one attached hydrogen (secondary N) is 1. The summed E-state index contributed by atoms with van der Waals surface area (Å²) in [6.45, 7) is 0.321. The first-order chi connectivity index (χ1) is 10.9. The predicted molar refractivity (Wildman–Crippen MR) is 79.2 cm³/mol. The first-order valence-electron chi connectivity index (χ1n) is 7.44. The van der Waals surface area contributed by atoms with Crippen molar-refractivity contribution in [3.8, 4) is 0 Å². The lowest BCUT2D eigenvalue weighted by molar-refractivity contribution is -0.138. The highest BCUT2D eigenvalue weighted by Gasteiger charge is 2.22. The average molecular weight is 324 g/mol. The molecular formula is C15H20N2O6. The fourth-order valence-electron chi connectivity index (χ4n) is 2.12. The molecule has 0 aromatic carbocycles. The van der Waals surface area contributed by atoms with E-state index in [-0.39, 0.29) is 37.0 Å². The van der Waals surface area contributed by atoms with Crippen LogP contribution in [0.1, 0.15) is 38.5 Å². The number of hydrogen-bond acceptors (Lipinski definition) is 5. The molecule has 1 aliphatic heterocycles. The quantitative estimate of drug-likeness (QED) is 0.314. The SMILES string of the molecule is O=CC(CCC(=O)O)NC(=O)CCCCCN1C(=O)C=CC1=O. The van der Waals surface area contributed by atoms with Crippen LogP contribution in [0.2, 0.25) is 0 Å². The summed E-state index contributed by atoms with van der Waals surface area (Å²) in [6.07, 6.45) is 4.88. The van der Waals surface area contributed by atoms with Crippen LogP contribution in [0.4, 0.5) is 0 Å². The summed E-state index contributed by atoms with van der Waals surface area (Å²) in [5, 5.41) is 11.0. The van der Waals surface area contributed by atoms with E-state index in [0.717, 1.165) is 4.90 Å². The second-order valence-corrected chi connectivity index (χ2v) is 5.21. The Balaban J connectivity index is 2.13. The lowest BCUT2D eigenvalue weighted by Crippen LogP contribution is -2.36. The number of nitrogens with zero attached hydrogens (tertiary/aromatic N) is 1. The summed E-state index contributed by atoms with van der Waals surface area (Å²) < 4.78 is 0. The maximum atomic E-state index is 11.6. The Morgan fingerprint density at radius 3 is 2.35 bits per heavy atom. The number of carboxylic acids is 1. The number of aldehydes is 1. The topological polar surface area (TPSA) is 121 Å². The van der Waals surface area contributed by atoms with Gasteiger partial charge in [-0.3, -0.25) is 24.1 Å². The molecule has 126 valence electrons. The number of hydrogen-bond donors (Lipinski definition) is 2. The number of aliphatic carboxylic acids is 1. The van der Waals surface area contributed by atoms with Crippen molar-refractivity contribution in [2.24, 2.45) is 0 Å². The molecule has 0 aromatic rings. The first-order valence-corrected chi connectivity index (χ1v) is 7.44. The van der Waals surface area contributed by atoms with E-state index in [1.165, 1.54) is 12.2 Å². The van der Waals surface area contributed by atoms with Crippen molar-refractivity contribution in [2.45, 2.75) is 44.6 Å². The Hall–Kier alpha value is -2.51. The highest BCUT2D eigenvalue weighted by atomic mass is 16.4. The molecule has 0 aliphatic carbocycles. The van der Waals surface area contributed by atoms with Crippen molar-refractivity contribution < 1.29 is 29.1 Å². The fraction of sp³-hybridized carbons (Fsp3) is 0.533. The Labute approximate surface area is 133 Å². The molecule has 0 fully saturated rings. The van der Waals surface area contributed by atoms with Gasteiger partial charge in [0.05, 0.1) is 6.04 Å². The molecule has 0 radical (unpaired) electrons. The van der Waals surface area contributed by atoms with Crippen molar-refractivity contribution >= 4 is 30.0 Å². The predicted octanol–water partition coefficient (Wildman–Crippen LogP) is 0.0203. The van der Waals surface area contributed by atoms with Gasteiger partial charge in [-0.05, 0) is 19.3 Å². The van der Waals surface area contributed by atoms with Crippen molar-refractivity contribution in [3.63, 3.8) is 0 Å². The van der Waals surface area contributed by atoms with Gasteiger partial charge in [-0.2, -0.15) is 0 Å². The summed E-state index contributed by atoms with van der Waals surface area (Å²) in [7, 11) is 0. The molecule has 0 spiro atoms. The summed E-state index contributed by atoms with van der Waals surface area (Å²) in [6, 6.07) is -0.787. The van der Waals surface area contributed by atoms with Gasteiger partial charge in [0.25, 0.3) is 11.8 Å². The van der Waals surface area contributed by atoms with E-state index in [2.05, 4.69) is 5.32 Å². The summed E-state index contributed by atoms with van der Waals surface area (Å²) in [4.78, 5) is 56.6. The third-order valence-electron chi connectivity index (χ3n) is 3.37. The van der Waals surface area contributed by atoms with E-state index in [0.29, 0.717) is 32.1 Å². The molecule has 8 heteroatoms.